The molecule has 4 aromatic rings. The number of benzene rings is 2. The van der Waals surface area contributed by atoms with Gasteiger partial charge in [0, 0.05) is 11.5 Å². The molecule has 2 aromatic heterocycles. The van der Waals surface area contributed by atoms with Crippen molar-refractivity contribution in [1.29, 1.82) is 0 Å². The molecule has 4 rings (SSSR count). The van der Waals surface area contributed by atoms with Crippen LogP contribution in [0.15, 0.2) is 81.2 Å². The van der Waals surface area contributed by atoms with Crippen LogP contribution in [0.2, 0.25) is 0 Å². The number of hydrogen-bond acceptors (Lipinski definition) is 6. The highest BCUT2D eigenvalue weighted by Crippen LogP contribution is 2.19. The molecule has 0 radical (unpaired) electrons. The first kappa shape index (κ1) is 19.3. The maximum absolute atomic E-state index is 13.0. The maximum Gasteiger partial charge on any atom is 0.379 e. The van der Waals surface area contributed by atoms with Crippen LogP contribution in [0.4, 0.5) is 0 Å². The van der Waals surface area contributed by atoms with Crippen molar-refractivity contribution < 1.29 is 13.9 Å². The molecule has 0 aliphatic rings. The van der Waals surface area contributed by atoms with Gasteiger partial charge in [-0.05, 0) is 36.4 Å². The third-order valence-electron chi connectivity index (χ3n) is 4.45. The lowest BCUT2D eigenvalue weighted by molar-refractivity contribution is 0.0701. The molecular formula is C23H19N3O4. The molecule has 0 N–H and O–H groups in total. The van der Waals surface area contributed by atoms with E-state index in [1.165, 1.54) is 23.2 Å². The van der Waals surface area contributed by atoms with Crippen LogP contribution < -0.4 is 10.3 Å². The van der Waals surface area contributed by atoms with E-state index in [0.29, 0.717) is 28.0 Å². The van der Waals surface area contributed by atoms with E-state index < -0.39 is 5.97 Å². The lowest BCUT2D eigenvalue weighted by Crippen LogP contribution is -2.23. The molecule has 0 atom stereocenters. The standard InChI is InChI=1S/C23H19N3O4/c1-15(2)21-25-18-10-5-4-9-17(18)22(27)26(21)24-14-16-8-3-6-11-19(16)30-23(28)20-12-7-13-29-20/h3-15H,1-2H3. The predicted octanol–water partition coefficient (Wildman–Crippen LogP) is 4.21. The predicted molar refractivity (Wildman–Crippen MR) is 113 cm³/mol. The van der Waals surface area contributed by atoms with Crippen LogP contribution in [-0.4, -0.2) is 21.8 Å². The van der Waals surface area contributed by atoms with Gasteiger partial charge in [-0.25, -0.2) is 9.78 Å². The fourth-order valence-corrected chi connectivity index (χ4v) is 2.97. The van der Waals surface area contributed by atoms with E-state index in [1.807, 2.05) is 19.9 Å². The van der Waals surface area contributed by atoms with Crippen LogP contribution in [0.3, 0.4) is 0 Å². The molecule has 0 aliphatic carbocycles. The highest BCUT2D eigenvalue weighted by atomic mass is 16.5. The summed E-state index contributed by atoms with van der Waals surface area (Å²) in [7, 11) is 0. The zero-order valence-corrected chi connectivity index (χ0v) is 16.5. The summed E-state index contributed by atoms with van der Waals surface area (Å²) in [6, 6.07) is 17.2. The van der Waals surface area contributed by atoms with Crippen LogP contribution in [0.5, 0.6) is 5.75 Å². The third kappa shape index (κ3) is 3.77. The van der Waals surface area contributed by atoms with E-state index in [4.69, 9.17) is 9.15 Å². The second-order valence-electron chi connectivity index (χ2n) is 6.91. The molecule has 0 amide bonds. The minimum absolute atomic E-state index is 0.0218. The summed E-state index contributed by atoms with van der Waals surface area (Å²) in [6.45, 7) is 3.89. The molecule has 0 bridgehead atoms. The number of nitrogens with zero attached hydrogens (tertiary/aromatic N) is 3. The van der Waals surface area contributed by atoms with Crippen molar-refractivity contribution in [2.45, 2.75) is 19.8 Å². The van der Waals surface area contributed by atoms with E-state index in [0.717, 1.165) is 0 Å². The molecule has 150 valence electrons. The first-order valence-electron chi connectivity index (χ1n) is 9.45. The van der Waals surface area contributed by atoms with Crippen molar-refractivity contribution in [3.8, 4) is 5.75 Å². The topological polar surface area (TPSA) is 86.7 Å². The minimum Gasteiger partial charge on any atom is -0.457 e. The SMILES string of the molecule is CC(C)c1nc2ccccc2c(=O)n1N=Cc1ccccc1OC(=O)c1ccco1. The quantitative estimate of drug-likeness (QED) is 0.284. The van der Waals surface area contributed by atoms with Crippen molar-refractivity contribution in [2.75, 3.05) is 0 Å². The van der Waals surface area contributed by atoms with Gasteiger partial charge in [-0.3, -0.25) is 4.79 Å². The van der Waals surface area contributed by atoms with Crippen LogP contribution in [0, 0.1) is 0 Å². The molecule has 0 spiro atoms. The molecule has 2 heterocycles. The highest BCUT2D eigenvalue weighted by molar-refractivity contribution is 5.91. The fraction of sp³-hybridized carbons (Fsp3) is 0.130. The van der Waals surface area contributed by atoms with Gasteiger partial charge in [0.05, 0.1) is 23.4 Å². The van der Waals surface area contributed by atoms with Gasteiger partial charge in [0.2, 0.25) is 5.76 Å². The minimum atomic E-state index is -0.617. The molecule has 2 aromatic carbocycles. The van der Waals surface area contributed by atoms with Crippen molar-refractivity contribution in [1.82, 2.24) is 9.66 Å². The van der Waals surface area contributed by atoms with Gasteiger partial charge < -0.3 is 9.15 Å². The summed E-state index contributed by atoms with van der Waals surface area (Å²) in [5.41, 5.74) is 0.906. The van der Waals surface area contributed by atoms with Gasteiger partial charge in [-0.15, -0.1) is 0 Å². The molecule has 0 aliphatic heterocycles. The lowest BCUT2D eigenvalue weighted by Gasteiger charge is -2.12. The Hall–Kier alpha value is -4.00. The Labute approximate surface area is 172 Å². The number of para-hydroxylation sites is 2. The summed E-state index contributed by atoms with van der Waals surface area (Å²) >= 11 is 0. The Morgan fingerprint density at radius 1 is 1.10 bits per heavy atom. The fourth-order valence-electron chi connectivity index (χ4n) is 2.97. The van der Waals surface area contributed by atoms with E-state index in [1.54, 1.807) is 48.5 Å². The molecule has 0 saturated carbocycles. The van der Waals surface area contributed by atoms with Crippen molar-refractivity contribution >= 4 is 23.1 Å². The molecule has 0 unspecified atom stereocenters. The van der Waals surface area contributed by atoms with Crippen LogP contribution in [-0.2, 0) is 0 Å². The molecular weight excluding hydrogens is 382 g/mol. The summed E-state index contributed by atoms with van der Waals surface area (Å²) in [5.74, 6) is 0.300. The lowest BCUT2D eigenvalue weighted by atomic mass is 10.2. The maximum atomic E-state index is 13.0. The van der Waals surface area contributed by atoms with Gasteiger partial charge in [-0.2, -0.15) is 9.78 Å². The van der Waals surface area contributed by atoms with Gasteiger partial charge in [0.1, 0.15) is 11.6 Å². The summed E-state index contributed by atoms with van der Waals surface area (Å²) in [4.78, 5) is 29.8. The zero-order chi connectivity index (χ0) is 21.1. The van der Waals surface area contributed by atoms with Gasteiger partial charge in [0.25, 0.3) is 5.56 Å². The number of carbonyl (C=O) groups is 1. The third-order valence-corrected chi connectivity index (χ3v) is 4.45. The summed E-state index contributed by atoms with van der Waals surface area (Å²) in [5, 5.41) is 4.86. The van der Waals surface area contributed by atoms with Crippen LogP contribution in [0.1, 0.15) is 41.7 Å². The normalized spacial score (nSPS) is 11.4. The Morgan fingerprint density at radius 2 is 1.87 bits per heavy atom. The van der Waals surface area contributed by atoms with E-state index in [2.05, 4.69) is 10.1 Å². The van der Waals surface area contributed by atoms with Crippen molar-refractivity contribution in [2.24, 2.45) is 5.10 Å². The first-order chi connectivity index (χ1) is 14.5. The second kappa shape index (κ2) is 8.16. The van der Waals surface area contributed by atoms with Gasteiger partial charge in [-0.1, -0.05) is 38.1 Å². The second-order valence-corrected chi connectivity index (χ2v) is 6.91. The van der Waals surface area contributed by atoms with Crippen molar-refractivity contribution in [3.63, 3.8) is 0 Å². The van der Waals surface area contributed by atoms with E-state index >= 15 is 0 Å². The van der Waals surface area contributed by atoms with Crippen LogP contribution >= 0.6 is 0 Å². The highest BCUT2D eigenvalue weighted by Gasteiger charge is 2.15. The number of fused-ring (bicyclic) bond motifs is 1. The molecule has 0 saturated heterocycles. The first-order valence-corrected chi connectivity index (χ1v) is 9.45. The number of hydrogen-bond donors (Lipinski definition) is 0. The molecule has 0 fully saturated rings. The number of ether oxygens (including phenoxy) is 1. The van der Waals surface area contributed by atoms with Gasteiger partial charge >= 0.3 is 5.97 Å². The number of carbonyl (C=O) groups excluding carboxylic acids is 1. The number of rotatable bonds is 5. The van der Waals surface area contributed by atoms with Crippen molar-refractivity contribution in [3.05, 3.63) is 94.4 Å². The van der Waals surface area contributed by atoms with Gasteiger partial charge in [0.15, 0.2) is 0 Å². The molecule has 30 heavy (non-hydrogen) atoms. The monoisotopic (exact) mass is 401 g/mol. The smallest absolute Gasteiger partial charge is 0.379 e. The van der Waals surface area contributed by atoms with Crippen LogP contribution in [0.25, 0.3) is 10.9 Å². The zero-order valence-electron chi connectivity index (χ0n) is 16.5. The number of aromatic nitrogens is 2. The average molecular weight is 401 g/mol. The average Bonchev–Trinajstić information content (AvgIpc) is 3.29. The number of furan rings is 1. The Bertz CT molecular complexity index is 1290. The molecule has 7 heteroatoms. The van der Waals surface area contributed by atoms with E-state index in [-0.39, 0.29) is 17.2 Å². The Balaban J connectivity index is 1.74. The molecule has 7 nitrogen and oxygen atoms in total. The Kier molecular flexibility index (Phi) is 5.26. The van der Waals surface area contributed by atoms with E-state index in [9.17, 15) is 9.59 Å². The largest absolute Gasteiger partial charge is 0.457 e. The Morgan fingerprint density at radius 3 is 2.63 bits per heavy atom. The summed E-state index contributed by atoms with van der Waals surface area (Å²) in [6.07, 6.45) is 2.88. The number of esters is 1. The summed E-state index contributed by atoms with van der Waals surface area (Å²) < 4.78 is 11.8.